The Hall–Kier alpha value is -2.84. The van der Waals surface area contributed by atoms with Crippen LogP contribution in [-0.4, -0.2) is 81.2 Å². The summed E-state index contributed by atoms with van der Waals surface area (Å²) >= 11 is 0. The van der Waals surface area contributed by atoms with Gasteiger partial charge in [-0.3, -0.25) is 10.1 Å². The van der Waals surface area contributed by atoms with Gasteiger partial charge in [-0.15, -0.1) is 0 Å². The fraction of sp³-hybridized carbons (Fsp3) is 0.571. The van der Waals surface area contributed by atoms with Crippen molar-refractivity contribution in [1.29, 1.82) is 0 Å². The monoisotopic (exact) mass is 496 g/mol. The van der Waals surface area contributed by atoms with Crippen molar-refractivity contribution in [3.63, 3.8) is 0 Å². The number of anilines is 3. The first kappa shape index (κ1) is 27.7. The van der Waals surface area contributed by atoms with Crippen LogP contribution in [0.2, 0.25) is 0 Å². The van der Waals surface area contributed by atoms with Gasteiger partial charge in [0.1, 0.15) is 0 Å². The molecule has 0 aliphatic carbocycles. The Bertz CT molecular complexity index is 932. The first-order valence-electron chi connectivity index (χ1n) is 13.2. The Morgan fingerprint density at radius 1 is 0.722 bits per heavy atom. The van der Waals surface area contributed by atoms with E-state index in [1.807, 2.05) is 24.3 Å². The van der Waals surface area contributed by atoms with Crippen LogP contribution >= 0.6 is 0 Å². The van der Waals surface area contributed by atoms with Crippen LogP contribution in [0.4, 0.5) is 22.7 Å². The molecule has 8 heteroatoms. The van der Waals surface area contributed by atoms with E-state index >= 15 is 0 Å². The minimum absolute atomic E-state index is 0.157. The molecule has 2 aliphatic heterocycles. The van der Waals surface area contributed by atoms with Crippen molar-refractivity contribution in [2.24, 2.45) is 0 Å². The first-order valence-corrected chi connectivity index (χ1v) is 13.2. The third kappa shape index (κ3) is 8.10. The molecule has 2 unspecified atom stereocenters. The molecule has 0 radical (unpaired) electrons. The highest BCUT2D eigenvalue weighted by Gasteiger charge is 2.20. The van der Waals surface area contributed by atoms with Gasteiger partial charge < -0.3 is 25.3 Å². The maximum Gasteiger partial charge on any atom is 0.269 e. The number of nitrogen functional groups attached to an aromatic ring is 1. The second-order valence-electron chi connectivity index (χ2n) is 10.4. The van der Waals surface area contributed by atoms with Crippen LogP contribution in [0.5, 0.6) is 0 Å². The molecule has 2 atom stereocenters. The first-order chi connectivity index (χ1) is 17.2. The van der Waals surface area contributed by atoms with Gasteiger partial charge >= 0.3 is 0 Å². The highest BCUT2D eigenvalue weighted by atomic mass is 16.6. The number of nitro groups is 1. The summed E-state index contributed by atoms with van der Waals surface area (Å²) in [6.45, 7) is 4.35. The summed E-state index contributed by atoms with van der Waals surface area (Å²) in [7, 11) is 8.63. The number of hydrogen-bond donors (Lipinski definition) is 1. The molecule has 0 saturated carbocycles. The fourth-order valence-electron chi connectivity index (χ4n) is 5.18. The highest BCUT2D eigenvalue weighted by molar-refractivity contribution is 5.53. The number of benzene rings is 2. The maximum atomic E-state index is 10.6. The molecule has 2 saturated heterocycles. The van der Waals surface area contributed by atoms with Crippen molar-refractivity contribution in [3.8, 4) is 0 Å². The van der Waals surface area contributed by atoms with Crippen molar-refractivity contribution < 1.29 is 4.92 Å². The van der Waals surface area contributed by atoms with Crippen molar-refractivity contribution >= 4 is 22.7 Å². The largest absolute Gasteiger partial charge is 0.399 e. The zero-order valence-corrected chi connectivity index (χ0v) is 22.5. The molecular formula is C28H44N6O2. The van der Waals surface area contributed by atoms with E-state index in [1.54, 1.807) is 12.1 Å². The molecule has 0 bridgehead atoms. The topological polar surface area (TPSA) is 82.1 Å². The van der Waals surface area contributed by atoms with E-state index in [4.69, 9.17) is 5.73 Å². The van der Waals surface area contributed by atoms with Gasteiger partial charge in [-0.1, -0.05) is 0 Å². The van der Waals surface area contributed by atoms with E-state index in [1.165, 1.54) is 37.8 Å². The lowest BCUT2D eigenvalue weighted by molar-refractivity contribution is -0.384. The maximum absolute atomic E-state index is 10.6. The highest BCUT2D eigenvalue weighted by Crippen LogP contribution is 2.24. The van der Waals surface area contributed by atoms with E-state index < -0.39 is 0 Å². The van der Waals surface area contributed by atoms with Gasteiger partial charge in [0, 0.05) is 67.5 Å². The Labute approximate surface area is 216 Å². The number of non-ortho nitro benzene ring substituents is 1. The summed E-state index contributed by atoms with van der Waals surface area (Å²) in [4.78, 5) is 19.7. The number of nitrogens with zero attached hydrogens (tertiary/aromatic N) is 5. The van der Waals surface area contributed by atoms with Crippen molar-refractivity contribution in [1.82, 2.24) is 9.80 Å². The van der Waals surface area contributed by atoms with Crippen LogP contribution in [0, 0.1) is 10.1 Å². The summed E-state index contributed by atoms with van der Waals surface area (Å²) in [5, 5.41) is 10.6. The molecule has 4 rings (SSSR count). The fourth-order valence-corrected chi connectivity index (χ4v) is 5.18. The zero-order valence-electron chi connectivity index (χ0n) is 22.5. The molecule has 2 heterocycles. The van der Waals surface area contributed by atoms with Crippen LogP contribution < -0.4 is 15.5 Å². The van der Waals surface area contributed by atoms with Crippen LogP contribution in [-0.2, 0) is 0 Å². The van der Waals surface area contributed by atoms with Gasteiger partial charge in [0.25, 0.3) is 5.69 Å². The SMILES string of the molecule is CN(C)C1CCCN(c2ccc(N)cc2)CC1.CN(C)C1CCCN(c2ccc([N+](=O)[O-])cc2)CC1. The van der Waals surface area contributed by atoms with Crippen LogP contribution in [0.25, 0.3) is 0 Å². The molecule has 2 aromatic carbocycles. The summed E-state index contributed by atoms with van der Waals surface area (Å²) in [5.41, 5.74) is 9.12. The minimum atomic E-state index is -0.353. The number of hydrogen-bond acceptors (Lipinski definition) is 7. The summed E-state index contributed by atoms with van der Waals surface area (Å²) < 4.78 is 0. The van der Waals surface area contributed by atoms with Crippen molar-refractivity contribution in [3.05, 3.63) is 58.6 Å². The molecule has 198 valence electrons. The third-order valence-corrected chi connectivity index (χ3v) is 7.54. The zero-order chi connectivity index (χ0) is 26.1. The molecule has 2 N–H and O–H groups in total. The normalized spacial score (nSPS) is 20.9. The van der Waals surface area contributed by atoms with E-state index in [2.05, 4.69) is 59.9 Å². The Balaban J connectivity index is 0.000000202. The summed E-state index contributed by atoms with van der Waals surface area (Å²) in [6.07, 6.45) is 7.35. The van der Waals surface area contributed by atoms with E-state index in [-0.39, 0.29) is 10.6 Å². The molecule has 2 aliphatic rings. The summed E-state index contributed by atoms with van der Waals surface area (Å²) in [5.74, 6) is 0. The van der Waals surface area contributed by atoms with Crippen LogP contribution in [0.3, 0.4) is 0 Å². The van der Waals surface area contributed by atoms with Gasteiger partial charge in [-0.25, -0.2) is 0 Å². The van der Waals surface area contributed by atoms with Gasteiger partial charge in [0.15, 0.2) is 0 Å². The molecule has 0 aromatic heterocycles. The number of nitrogens with two attached hydrogens (primary N) is 1. The average molecular weight is 497 g/mol. The van der Waals surface area contributed by atoms with E-state index in [0.29, 0.717) is 6.04 Å². The molecule has 0 spiro atoms. The van der Waals surface area contributed by atoms with Gasteiger partial charge in [-0.2, -0.15) is 0 Å². The number of rotatable bonds is 5. The number of nitro benzene ring substituents is 1. The van der Waals surface area contributed by atoms with Crippen LogP contribution in [0.1, 0.15) is 38.5 Å². The third-order valence-electron chi connectivity index (χ3n) is 7.54. The Morgan fingerprint density at radius 3 is 1.53 bits per heavy atom. The molecule has 0 amide bonds. The predicted molar refractivity (Wildman–Crippen MR) is 151 cm³/mol. The van der Waals surface area contributed by atoms with E-state index in [0.717, 1.165) is 50.0 Å². The second-order valence-corrected chi connectivity index (χ2v) is 10.4. The quantitative estimate of drug-likeness (QED) is 0.365. The van der Waals surface area contributed by atoms with Crippen molar-refractivity contribution in [2.75, 3.05) is 69.9 Å². The van der Waals surface area contributed by atoms with Gasteiger partial charge in [0.2, 0.25) is 0 Å². The lowest BCUT2D eigenvalue weighted by Gasteiger charge is -2.24. The minimum Gasteiger partial charge on any atom is -0.399 e. The van der Waals surface area contributed by atoms with Crippen molar-refractivity contribution in [2.45, 2.75) is 50.6 Å². The Kier molecular flexibility index (Phi) is 10.4. The molecule has 36 heavy (non-hydrogen) atoms. The lowest BCUT2D eigenvalue weighted by atomic mass is 10.1. The molecule has 2 fully saturated rings. The predicted octanol–water partition coefficient (Wildman–Crippen LogP) is 4.70. The average Bonchev–Trinajstić information content (AvgIpc) is 3.27. The smallest absolute Gasteiger partial charge is 0.269 e. The Morgan fingerprint density at radius 2 is 1.14 bits per heavy atom. The lowest BCUT2D eigenvalue weighted by Crippen LogP contribution is -2.30. The second kappa shape index (κ2) is 13.5. The standard InChI is InChI=1S/C14H21N3O2.C14H23N3/c1-15(2)12-4-3-10-16(11-9-12)13-5-7-14(8-6-13)17(18)19;1-16(2)13-4-3-10-17(11-9-13)14-7-5-12(15)6-8-14/h5-8,12H,3-4,9-11H2,1-2H3;5-8,13H,3-4,9-11,15H2,1-2H3. The molecular weight excluding hydrogens is 452 g/mol. The van der Waals surface area contributed by atoms with E-state index in [9.17, 15) is 10.1 Å². The van der Waals surface area contributed by atoms with Gasteiger partial charge in [0.05, 0.1) is 4.92 Å². The molecule has 2 aromatic rings. The van der Waals surface area contributed by atoms with Crippen LogP contribution in [0.15, 0.2) is 48.5 Å². The van der Waals surface area contributed by atoms with Gasteiger partial charge in [-0.05, 0) is 103 Å². The molecule has 8 nitrogen and oxygen atoms in total. The summed E-state index contributed by atoms with van der Waals surface area (Å²) in [6, 6.07) is 16.5.